The van der Waals surface area contributed by atoms with Crippen LogP contribution in [0.1, 0.15) is 43.5 Å². The standard InChI is InChI=1S/C23H37N5O2S/c1-4-24-23(25-17-19(27(5-2)6-3)21-9-7-13-30-21)26-18-20(22-10-8-16-31-22)28-11-14-29-15-12-28/h7-10,13,16,19-20H,4-6,11-12,14-15,17-18H2,1-3H3,(H2,24,25,26). The summed E-state index contributed by atoms with van der Waals surface area (Å²) < 4.78 is 11.3. The number of furan rings is 1. The molecular weight excluding hydrogens is 410 g/mol. The van der Waals surface area contributed by atoms with Crippen LogP contribution < -0.4 is 10.6 Å². The monoisotopic (exact) mass is 447 g/mol. The Balaban J connectivity index is 1.70. The maximum atomic E-state index is 5.74. The van der Waals surface area contributed by atoms with E-state index in [0.29, 0.717) is 6.54 Å². The van der Waals surface area contributed by atoms with Gasteiger partial charge in [0.05, 0.1) is 38.1 Å². The number of guanidine groups is 1. The molecule has 0 aliphatic carbocycles. The summed E-state index contributed by atoms with van der Waals surface area (Å²) in [4.78, 5) is 11.2. The van der Waals surface area contributed by atoms with Crippen molar-refractivity contribution in [2.45, 2.75) is 32.9 Å². The first-order valence-corrected chi connectivity index (χ1v) is 12.3. The predicted molar refractivity (Wildman–Crippen MR) is 128 cm³/mol. The van der Waals surface area contributed by atoms with Gasteiger partial charge in [0.2, 0.25) is 0 Å². The fraction of sp³-hybridized carbons (Fsp3) is 0.609. The molecule has 0 radical (unpaired) electrons. The largest absolute Gasteiger partial charge is 0.468 e. The van der Waals surface area contributed by atoms with Crippen molar-refractivity contribution in [3.05, 3.63) is 46.5 Å². The van der Waals surface area contributed by atoms with Crippen LogP contribution in [-0.2, 0) is 4.74 Å². The van der Waals surface area contributed by atoms with E-state index in [0.717, 1.165) is 64.2 Å². The summed E-state index contributed by atoms with van der Waals surface area (Å²) in [7, 11) is 0. The van der Waals surface area contributed by atoms with Crippen molar-refractivity contribution >= 4 is 17.3 Å². The Morgan fingerprint density at radius 3 is 2.58 bits per heavy atom. The predicted octanol–water partition coefficient (Wildman–Crippen LogP) is 3.35. The highest BCUT2D eigenvalue weighted by Gasteiger charge is 2.24. The molecular formula is C23H37N5O2S. The van der Waals surface area contributed by atoms with Crippen LogP contribution in [-0.4, -0.2) is 74.8 Å². The van der Waals surface area contributed by atoms with Crippen molar-refractivity contribution in [3.8, 4) is 0 Å². The van der Waals surface area contributed by atoms with Crippen LogP contribution in [0.3, 0.4) is 0 Å². The SMILES string of the molecule is CCNC(=NCC(c1cccs1)N1CCOCC1)NCC(c1ccco1)N(CC)CC. The minimum Gasteiger partial charge on any atom is -0.468 e. The molecule has 2 aromatic heterocycles. The molecule has 7 nitrogen and oxygen atoms in total. The molecule has 0 spiro atoms. The first kappa shape index (κ1) is 23.8. The van der Waals surface area contributed by atoms with E-state index in [1.165, 1.54) is 4.88 Å². The Bertz CT molecular complexity index is 740. The second-order valence-corrected chi connectivity index (χ2v) is 8.51. The van der Waals surface area contributed by atoms with Crippen LogP contribution in [0, 0.1) is 0 Å². The zero-order valence-corrected chi connectivity index (χ0v) is 19.9. The third-order valence-corrected chi connectivity index (χ3v) is 6.69. The van der Waals surface area contributed by atoms with Crippen molar-refractivity contribution < 1.29 is 9.15 Å². The summed E-state index contributed by atoms with van der Waals surface area (Å²) in [5, 5.41) is 9.12. The molecule has 3 rings (SSSR count). The van der Waals surface area contributed by atoms with Crippen LogP contribution >= 0.6 is 11.3 Å². The fourth-order valence-corrected chi connectivity index (χ4v) is 4.88. The van der Waals surface area contributed by atoms with Gasteiger partial charge in [-0.2, -0.15) is 0 Å². The molecule has 1 saturated heterocycles. The van der Waals surface area contributed by atoms with Crippen molar-refractivity contribution in [3.63, 3.8) is 0 Å². The minimum atomic E-state index is 0.168. The highest BCUT2D eigenvalue weighted by Crippen LogP contribution is 2.26. The summed E-state index contributed by atoms with van der Waals surface area (Å²) in [6.45, 7) is 14.2. The molecule has 0 saturated carbocycles. The maximum absolute atomic E-state index is 5.74. The third-order valence-electron chi connectivity index (χ3n) is 5.71. The summed E-state index contributed by atoms with van der Waals surface area (Å²) in [6, 6.07) is 8.80. The maximum Gasteiger partial charge on any atom is 0.191 e. The van der Waals surface area contributed by atoms with Crippen LogP contribution in [0.25, 0.3) is 0 Å². The van der Waals surface area contributed by atoms with E-state index in [-0.39, 0.29) is 12.1 Å². The lowest BCUT2D eigenvalue weighted by atomic mass is 10.2. The van der Waals surface area contributed by atoms with E-state index >= 15 is 0 Å². The molecule has 1 fully saturated rings. The number of nitrogens with zero attached hydrogens (tertiary/aromatic N) is 3. The molecule has 172 valence electrons. The van der Waals surface area contributed by atoms with Crippen molar-refractivity contribution in [1.29, 1.82) is 0 Å². The molecule has 0 bridgehead atoms. The van der Waals surface area contributed by atoms with Crippen LogP contribution in [0.4, 0.5) is 0 Å². The molecule has 2 N–H and O–H groups in total. The van der Waals surface area contributed by atoms with Gasteiger partial charge in [0.25, 0.3) is 0 Å². The summed E-state index contributed by atoms with van der Waals surface area (Å²) >= 11 is 1.80. The van der Waals surface area contributed by atoms with Gasteiger partial charge in [0, 0.05) is 31.1 Å². The van der Waals surface area contributed by atoms with E-state index in [1.54, 1.807) is 17.6 Å². The fourth-order valence-electron chi connectivity index (χ4n) is 4.02. The summed E-state index contributed by atoms with van der Waals surface area (Å²) in [5.74, 6) is 1.83. The van der Waals surface area contributed by atoms with E-state index < -0.39 is 0 Å². The average Bonchev–Trinajstić information content (AvgIpc) is 3.52. The van der Waals surface area contributed by atoms with Crippen molar-refractivity contribution in [2.75, 3.05) is 59.0 Å². The number of hydrogen-bond donors (Lipinski definition) is 2. The first-order valence-electron chi connectivity index (χ1n) is 11.4. The van der Waals surface area contributed by atoms with Gasteiger partial charge < -0.3 is 19.8 Å². The van der Waals surface area contributed by atoms with Crippen molar-refractivity contribution in [2.24, 2.45) is 4.99 Å². The second-order valence-electron chi connectivity index (χ2n) is 7.53. The zero-order valence-electron chi connectivity index (χ0n) is 19.0. The zero-order chi connectivity index (χ0) is 21.9. The topological polar surface area (TPSA) is 65.3 Å². The van der Waals surface area contributed by atoms with Gasteiger partial charge in [-0.1, -0.05) is 19.9 Å². The second kappa shape index (κ2) is 12.9. The molecule has 2 aromatic rings. The van der Waals surface area contributed by atoms with E-state index in [2.05, 4.69) is 64.8 Å². The molecule has 0 amide bonds. The number of hydrogen-bond acceptors (Lipinski definition) is 6. The highest BCUT2D eigenvalue weighted by molar-refractivity contribution is 7.10. The van der Waals surface area contributed by atoms with E-state index in [9.17, 15) is 0 Å². The first-order chi connectivity index (χ1) is 15.3. The Kier molecular flexibility index (Phi) is 9.86. The molecule has 2 atom stereocenters. The van der Waals surface area contributed by atoms with Gasteiger partial charge >= 0.3 is 0 Å². The van der Waals surface area contributed by atoms with Gasteiger partial charge in [-0.05, 0) is 43.6 Å². The Labute approximate surface area is 190 Å². The van der Waals surface area contributed by atoms with E-state index in [1.807, 2.05) is 6.07 Å². The van der Waals surface area contributed by atoms with Gasteiger partial charge in [-0.15, -0.1) is 11.3 Å². The van der Waals surface area contributed by atoms with Crippen LogP contribution in [0.2, 0.25) is 0 Å². The lowest BCUT2D eigenvalue weighted by Gasteiger charge is -2.33. The lowest BCUT2D eigenvalue weighted by Crippen LogP contribution is -2.44. The van der Waals surface area contributed by atoms with E-state index in [4.69, 9.17) is 14.1 Å². The lowest BCUT2D eigenvalue weighted by molar-refractivity contribution is 0.0186. The Morgan fingerprint density at radius 2 is 1.97 bits per heavy atom. The van der Waals surface area contributed by atoms with Crippen LogP contribution in [0.15, 0.2) is 45.3 Å². The van der Waals surface area contributed by atoms with Crippen LogP contribution in [0.5, 0.6) is 0 Å². The number of nitrogens with one attached hydrogen (secondary N) is 2. The van der Waals surface area contributed by atoms with Gasteiger partial charge in [0.15, 0.2) is 5.96 Å². The smallest absolute Gasteiger partial charge is 0.191 e. The number of likely N-dealkylation sites (N-methyl/N-ethyl adjacent to an activating group) is 1. The van der Waals surface area contributed by atoms with Gasteiger partial charge in [0.1, 0.15) is 5.76 Å². The number of morpholine rings is 1. The molecule has 1 aliphatic rings. The highest BCUT2D eigenvalue weighted by atomic mass is 32.1. The summed E-state index contributed by atoms with van der Waals surface area (Å²) in [6.07, 6.45) is 1.75. The van der Waals surface area contributed by atoms with Gasteiger partial charge in [-0.25, -0.2) is 0 Å². The number of rotatable bonds is 11. The number of ether oxygens (including phenoxy) is 1. The molecule has 1 aliphatic heterocycles. The Hall–Kier alpha value is -1.87. The average molecular weight is 448 g/mol. The quantitative estimate of drug-likeness (QED) is 0.407. The third kappa shape index (κ3) is 6.80. The number of aliphatic imine (C=N–C) groups is 1. The molecule has 8 heteroatoms. The minimum absolute atomic E-state index is 0.168. The molecule has 3 heterocycles. The summed E-state index contributed by atoms with van der Waals surface area (Å²) in [5.41, 5.74) is 0. The molecule has 0 aromatic carbocycles. The molecule has 2 unspecified atom stereocenters. The van der Waals surface area contributed by atoms with Crippen molar-refractivity contribution in [1.82, 2.24) is 20.4 Å². The molecule has 31 heavy (non-hydrogen) atoms. The van der Waals surface area contributed by atoms with Gasteiger partial charge in [-0.3, -0.25) is 14.8 Å². The number of thiophene rings is 1. The Morgan fingerprint density at radius 1 is 1.16 bits per heavy atom. The normalized spacial score (nSPS) is 17.6.